The first-order valence-corrected chi connectivity index (χ1v) is 9.93. The maximum absolute atomic E-state index is 12.3. The van der Waals surface area contributed by atoms with Gasteiger partial charge in [-0.05, 0) is 29.8 Å². The van der Waals surface area contributed by atoms with E-state index in [1.807, 2.05) is 54.6 Å². The number of nitrogens with zero attached hydrogens (tertiary/aromatic N) is 2. The summed E-state index contributed by atoms with van der Waals surface area (Å²) < 4.78 is 10.9. The third-order valence-electron chi connectivity index (χ3n) is 4.30. The second-order valence-corrected chi connectivity index (χ2v) is 7.32. The van der Waals surface area contributed by atoms with Crippen LogP contribution in [0.15, 0.2) is 71.4 Å². The van der Waals surface area contributed by atoms with Gasteiger partial charge in [0.1, 0.15) is 5.75 Å². The molecule has 0 saturated heterocycles. The van der Waals surface area contributed by atoms with Crippen LogP contribution in [0.25, 0.3) is 21.8 Å². The Balaban J connectivity index is 1.32. The van der Waals surface area contributed by atoms with Gasteiger partial charge in [0.05, 0.1) is 18.2 Å². The van der Waals surface area contributed by atoms with Crippen molar-refractivity contribution in [3.05, 3.63) is 72.9 Å². The van der Waals surface area contributed by atoms with Crippen molar-refractivity contribution in [3.63, 3.8) is 0 Å². The molecule has 0 atom stereocenters. The van der Waals surface area contributed by atoms with Crippen LogP contribution < -0.4 is 10.1 Å². The Hall–Kier alpha value is -3.45. The molecule has 0 fully saturated rings. The molecule has 4 aromatic rings. The number of hydrogen-bond acceptors (Lipinski definition) is 6. The van der Waals surface area contributed by atoms with Gasteiger partial charge in [-0.15, -0.1) is 0 Å². The Morgan fingerprint density at radius 3 is 2.59 bits per heavy atom. The minimum absolute atomic E-state index is 0.122. The summed E-state index contributed by atoms with van der Waals surface area (Å²) in [5.74, 6) is 1.84. The second-order valence-electron chi connectivity index (χ2n) is 6.29. The van der Waals surface area contributed by atoms with E-state index >= 15 is 0 Å². The molecule has 1 amide bonds. The number of carbonyl (C=O) groups excluding carboxylic acids is 1. The van der Waals surface area contributed by atoms with E-state index in [2.05, 4.69) is 15.3 Å². The average Bonchev–Trinajstić information content (AvgIpc) is 3.43. The molecule has 2 aromatic carbocycles. The highest BCUT2D eigenvalue weighted by Crippen LogP contribution is 2.29. The molecule has 0 saturated carbocycles. The molecule has 0 spiro atoms. The number of nitrogens with one attached hydrogen (secondary N) is 1. The van der Waals surface area contributed by atoms with Crippen LogP contribution in [0.4, 0.5) is 5.13 Å². The van der Waals surface area contributed by atoms with Crippen molar-refractivity contribution < 1.29 is 13.9 Å². The molecule has 0 aliphatic rings. The van der Waals surface area contributed by atoms with Crippen molar-refractivity contribution in [1.29, 1.82) is 0 Å². The van der Waals surface area contributed by atoms with Gasteiger partial charge in [-0.3, -0.25) is 4.79 Å². The lowest BCUT2D eigenvalue weighted by atomic mass is 10.2. The predicted octanol–water partition coefficient (Wildman–Crippen LogP) is 5.05. The van der Waals surface area contributed by atoms with Gasteiger partial charge in [0, 0.05) is 24.6 Å². The minimum atomic E-state index is -0.122. The molecule has 0 bridgehead atoms. The van der Waals surface area contributed by atoms with Gasteiger partial charge >= 0.3 is 0 Å². The molecule has 0 unspecified atom stereocenters. The Kier molecular flexibility index (Phi) is 5.67. The summed E-state index contributed by atoms with van der Waals surface area (Å²) in [5.41, 5.74) is 1.99. The maximum atomic E-state index is 12.3. The number of rotatable bonds is 7. The lowest BCUT2D eigenvalue weighted by molar-refractivity contribution is -0.116. The monoisotopic (exact) mass is 405 g/mol. The van der Waals surface area contributed by atoms with Crippen molar-refractivity contribution in [2.45, 2.75) is 12.8 Å². The number of oxazole rings is 1. The summed E-state index contributed by atoms with van der Waals surface area (Å²) in [6.45, 7) is 0. The fourth-order valence-electron chi connectivity index (χ4n) is 2.78. The molecular weight excluding hydrogens is 386 g/mol. The van der Waals surface area contributed by atoms with E-state index in [0.717, 1.165) is 21.8 Å². The summed E-state index contributed by atoms with van der Waals surface area (Å²) in [6, 6.07) is 17.5. The minimum Gasteiger partial charge on any atom is -0.497 e. The van der Waals surface area contributed by atoms with E-state index in [-0.39, 0.29) is 12.3 Å². The molecule has 0 aliphatic carbocycles. The highest BCUT2D eigenvalue weighted by Gasteiger charge is 2.11. The normalized spacial score (nSPS) is 10.7. The van der Waals surface area contributed by atoms with Crippen molar-refractivity contribution in [2.24, 2.45) is 0 Å². The van der Waals surface area contributed by atoms with Crippen LogP contribution in [-0.4, -0.2) is 23.0 Å². The number of thiazole rings is 1. The van der Waals surface area contributed by atoms with Crippen molar-refractivity contribution in [3.8, 4) is 27.5 Å². The Morgan fingerprint density at radius 2 is 1.83 bits per heavy atom. The van der Waals surface area contributed by atoms with Gasteiger partial charge in [-0.25, -0.2) is 9.97 Å². The van der Waals surface area contributed by atoms with Crippen LogP contribution in [-0.2, 0) is 11.2 Å². The van der Waals surface area contributed by atoms with Gasteiger partial charge in [0.2, 0.25) is 5.91 Å². The zero-order chi connectivity index (χ0) is 20.1. The molecule has 4 rings (SSSR count). The zero-order valence-corrected chi connectivity index (χ0v) is 16.6. The Morgan fingerprint density at radius 1 is 1.03 bits per heavy atom. The number of benzene rings is 2. The summed E-state index contributed by atoms with van der Waals surface area (Å²) in [6.07, 6.45) is 4.12. The third-order valence-corrected chi connectivity index (χ3v) is 5.27. The number of hydrogen-bond donors (Lipinski definition) is 1. The van der Waals surface area contributed by atoms with Gasteiger partial charge in [-0.1, -0.05) is 41.7 Å². The summed E-state index contributed by atoms with van der Waals surface area (Å²) >= 11 is 1.45. The number of methoxy groups -OCH3 is 1. The van der Waals surface area contributed by atoms with E-state index in [1.54, 1.807) is 19.5 Å². The number of amides is 1. The van der Waals surface area contributed by atoms with Crippen LogP contribution in [0.1, 0.15) is 12.3 Å². The molecule has 0 radical (unpaired) electrons. The third kappa shape index (κ3) is 4.70. The molecule has 1 N–H and O–H groups in total. The van der Waals surface area contributed by atoms with Crippen molar-refractivity contribution >= 4 is 22.4 Å². The summed E-state index contributed by atoms with van der Waals surface area (Å²) in [7, 11) is 1.63. The molecule has 2 heterocycles. The summed E-state index contributed by atoms with van der Waals surface area (Å²) in [5, 5.41) is 3.42. The first-order chi connectivity index (χ1) is 14.2. The molecule has 7 heteroatoms. The van der Waals surface area contributed by atoms with Gasteiger partial charge in [0.25, 0.3) is 0 Å². The molecule has 2 aromatic heterocycles. The molecule has 0 aliphatic heterocycles. The number of ether oxygens (including phenoxy) is 1. The van der Waals surface area contributed by atoms with Crippen molar-refractivity contribution in [2.75, 3.05) is 12.4 Å². The fraction of sp³-hybridized carbons (Fsp3) is 0.136. The first-order valence-electron chi connectivity index (χ1n) is 9.11. The fourth-order valence-corrected chi connectivity index (χ4v) is 3.62. The number of aryl methyl sites for hydroxylation is 1. The number of anilines is 1. The van der Waals surface area contributed by atoms with Crippen LogP contribution >= 0.6 is 11.3 Å². The molecule has 29 heavy (non-hydrogen) atoms. The number of aromatic nitrogens is 2. The van der Waals surface area contributed by atoms with E-state index in [1.165, 1.54) is 11.3 Å². The zero-order valence-electron chi connectivity index (χ0n) is 15.8. The highest BCUT2D eigenvalue weighted by atomic mass is 32.1. The molecule has 6 nitrogen and oxygen atoms in total. The van der Waals surface area contributed by atoms with Crippen LogP contribution in [0, 0.1) is 0 Å². The Bertz CT molecular complexity index is 1090. The highest BCUT2D eigenvalue weighted by molar-refractivity contribution is 7.19. The molecule has 146 valence electrons. The summed E-state index contributed by atoms with van der Waals surface area (Å²) in [4.78, 5) is 21.8. The van der Waals surface area contributed by atoms with Gasteiger partial charge in [0.15, 0.2) is 16.8 Å². The molecular formula is C22H19N3O3S. The number of carbonyl (C=O) groups is 1. The lowest BCUT2D eigenvalue weighted by Crippen LogP contribution is -2.12. The standard InChI is InChI=1S/C22H19N3O3S/c1-27-17-9-7-15(8-10-17)18-13-23-21(28-18)12-11-20(26)25-22-24-14-19(29-22)16-5-3-2-4-6-16/h2-10,13-14H,11-12H2,1H3,(H,24,25,26). The van der Waals surface area contributed by atoms with Gasteiger partial charge in [-0.2, -0.15) is 0 Å². The van der Waals surface area contributed by atoms with Crippen LogP contribution in [0.3, 0.4) is 0 Å². The average molecular weight is 405 g/mol. The van der Waals surface area contributed by atoms with Crippen LogP contribution in [0.2, 0.25) is 0 Å². The van der Waals surface area contributed by atoms with E-state index in [0.29, 0.717) is 23.2 Å². The van der Waals surface area contributed by atoms with Crippen LogP contribution in [0.5, 0.6) is 5.75 Å². The Labute approximate surface area is 172 Å². The quantitative estimate of drug-likeness (QED) is 0.466. The lowest BCUT2D eigenvalue weighted by Gasteiger charge is -2.01. The van der Waals surface area contributed by atoms with Gasteiger partial charge < -0.3 is 14.5 Å². The largest absolute Gasteiger partial charge is 0.497 e. The van der Waals surface area contributed by atoms with E-state index in [9.17, 15) is 4.79 Å². The first kappa shape index (κ1) is 18.9. The van der Waals surface area contributed by atoms with Crippen molar-refractivity contribution in [1.82, 2.24) is 9.97 Å². The van der Waals surface area contributed by atoms with E-state index in [4.69, 9.17) is 9.15 Å². The predicted molar refractivity (Wildman–Crippen MR) is 113 cm³/mol. The smallest absolute Gasteiger partial charge is 0.226 e. The topological polar surface area (TPSA) is 77.2 Å². The van der Waals surface area contributed by atoms with E-state index < -0.39 is 0 Å². The SMILES string of the molecule is COc1ccc(-c2cnc(CCC(=O)Nc3ncc(-c4ccccc4)s3)o2)cc1. The second kappa shape index (κ2) is 8.70. The maximum Gasteiger partial charge on any atom is 0.226 e.